The van der Waals surface area contributed by atoms with Crippen LogP contribution in [-0.2, 0) is 4.79 Å². The second kappa shape index (κ2) is 6.46. The van der Waals surface area contributed by atoms with Crippen molar-refractivity contribution in [1.82, 2.24) is 0 Å². The number of anilines is 1. The normalized spacial score (nSPS) is 11.9. The van der Waals surface area contributed by atoms with Crippen LogP contribution in [0.15, 0.2) is 22.7 Å². The molecule has 0 spiro atoms. The van der Waals surface area contributed by atoms with E-state index in [0.717, 1.165) is 6.42 Å². The summed E-state index contributed by atoms with van der Waals surface area (Å²) in [6.45, 7) is 1.93. The smallest absolute Gasteiger partial charge is 0.285 e. The molecule has 0 unspecified atom stereocenters. The molecule has 0 radical (unpaired) electrons. The van der Waals surface area contributed by atoms with Gasteiger partial charge in [-0.25, -0.2) is 0 Å². The Bertz CT molecular complexity index is 465. The minimum atomic E-state index is -0.599. The lowest BCUT2D eigenvalue weighted by Gasteiger charge is -2.11. The highest BCUT2D eigenvalue weighted by Crippen LogP contribution is 2.27. The van der Waals surface area contributed by atoms with Gasteiger partial charge in [0, 0.05) is 11.8 Å². The molecule has 7 heteroatoms. The number of halogens is 1. The lowest BCUT2D eigenvalue weighted by molar-refractivity contribution is -0.385. The van der Waals surface area contributed by atoms with E-state index in [4.69, 9.17) is 5.73 Å². The third kappa shape index (κ3) is 3.78. The Labute approximate surface area is 113 Å². The molecule has 0 aliphatic carbocycles. The summed E-state index contributed by atoms with van der Waals surface area (Å²) in [5.41, 5.74) is 5.91. The Morgan fingerprint density at radius 1 is 1.61 bits per heavy atom. The maximum atomic E-state index is 11.7. The van der Waals surface area contributed by atoms with E-state index < -0.39 is 11.0 Å². The molecule has 3 N–H and O–H groups in total. The zero-order valence-electron chi connectivity index (χ0n) is 9.85. The molecule has 0 saturated carbocycles. The van der Waals surface area contributed by atoms with Crippen LogP contribution >= 0.6 is 15.9 Å². The average Bonchev–Trinajstić information content (AvgIpc) is 2.31. The van der Waals surface area contributed by atoms with Gasteiger partial charge in [0.05, 0.1) is 15.4 Å². The molecule has 1 rings (SSSR count). The van der Waals surface area contributed by atoms with E-state index in [9.17, 15) is 14.9 Å². The van der Waals surface area contributed by atoms with E-state index >= 15 is 0 Å². The molecule has 0 heterocycles. The molecular weight excluding hydrogens is 302 g/mol. The van der Waals surface area contributed by atoms with Crippen molar-refractivity contribution < 1.29 is 9.72 Å². The van der Waals surface area contributed by atoms with Crippen LogP contribution in [-0.4, -0.2) is 16.9 Å². The number of nitro benzene ring substituents is 1. The number of hydrogen-bond acceptors (Lipinski definition) is 4. The molecule has 0 fully saturated rings. The first-order valence-corrected chi connectivity index (χ1v) is 6.25. The van der Waals surface area contributed by atoms with Crippen molar-refractivity contribution in [2.45, 2.75) is 25.8 Å². The van der Waals surface area contributed by atoms with Gasteiger partial charge in [0.15, 0.2) is 0 Å². The topological polar surface area (TPSA) is 98.3 Å². The van der Waals surface area contributed by atoms with Crippen LogP contribution in [0.4, 0.5) is 11.4 Å². The lowest BCUT2D eigenvalue weighted by atomic mass is 10.1. The van der Waals surface area contributed by atoms with Gasteiger partial charge in [-0.15, -0.1) is 0 Å². The van der Waals surface area contributed by atoms with Gasteiger partial charge in [0.1, 0.15) is 0 Å². The van der Waals surface area contributed by atoms with Crippen LogP contribution < -0.4 is 11.1 Å². The van der Waals surface area contributed by atoms with Crippen LogP contribution in [0.3, 0.4) is 0 Å². The largest absolute Gasteiger partial charge is 0.324 e. The van der Waals surface area contributed by atoms with Crippen LogP contribution in [0, 0.1) is 10.1 Å². The Balaban J connectivity index is 2.82. The number of rotatable bonds is 5. The van der Waals surface area contributed by atoms with Gasteiger partial charge in [0.25, 0.3) is 5.69 Å². The SMILES string of the molecule is CCC[C@H](N)C(=O)Nc1ccc(Br)c([N+](=O)[O-])c1. The van der Waals surface area contributed by atoms with Crippen molar-refractivity contribution >= 4 is 33.2 Å². The molecular formula is C11H14BrN3O3. The summed E-state index contributed by atoms with van der Waals surface area (Å²) in [7, 11) is 0. The number of benzene rings is 1. The van der Waals surface area contributed by atoms with Crippen LogP contribution in [0.2, 0.25) is 0 Å². The highest BCUT2D eigenvalue weighted by Gasteiger charge is 2.16. The van der Waals surface area contributed by atoms with Crippen molar-refractivity contribution in [1.29, 1.82) is 0 Å². The highest BCUT2D eigenvalue weighted by atomic mass is 79.9. The molecule has 0 aliphatic heterocycles. The number of nitrogens with one attached hydrogen (secondary N) is 1. The summed E-state index contributed by atoms with van der Waals surface area (Å²) in [5.74, 6) is -0.339. The fourth-order valence-corrected chi connectivity index (χ4v) is 1.80. The number of nitrogens with zero attached hydrogens (tertiary/aromatic N) is 1. The second-order valence-corrected chi connectivity index (χ2v) is 4.66. The van der Waals surface area contributed by atoms with E-state index in [-0.39, 0.29) is 11.6 Å². The predicted molar refractivity (Wildman–Crippen MR) is 72.3 cm³/mol. The quantitative estimate of drug-likeness (QED) is 0.644. The highest BCUT2D eigenvalue weighted by molar-refractivity contribution is 9.10. The number of amides is 1. The monoisotopic (exact) mass is 315 g/mol. The number of hydrogen-bond donors (Lipinski definition) is 2. The molecule has 18 heavy (non-hydrogen) atoms. The van der Waals surface area contributed by atoms with Gasteiger partial charge in [-0.2, -0.15) is 0 Å². The first kappa shape index (κ1) is 14.6. The van der Waals surface area contributed by atoms with Gasteiger partial charge in [-0.3, -0.25) is 14.9 Å². The van der Waals surface area contributed by atoms with E-state index in [2.05, 4.69) is 21.2 Å². The van der Waals surface area contributed by atoms with Crippen molar-refractivity contribution in [2.24, 2.45) is 5.73 Å². The molecule has 0 aliphatic rings. The molecule has 0 saturated heterocycles. The molecule has 6 nitrogen and oxygen atoms in total. The fraction of sp³-hybridized carbons (Fsp3) is 0.364. The minimum Gasteiger partial charge on any atom is -0.324 e. The number of nitro groups is 1. The third-order valence-corrected chi connectivity index (χ3v) is 3.02. The Hall–Kier alpha value is -1.47. The second-order valence-electron chi connectivity index (χ2n) is 3.81. The number of carbonyl (C=O) groups excluding carboxylic acids is 1. The molecule has 1 amide bonds. The first-order chi connectivity index (χ1) is 8.45. The summed E-state index contributed by atoms with van der Waals surface area (Å²) in [4.78, 5) is 21.9. The van der Waals surface area contributed by atoms with Gasteiger partial charge in [-0.05, 0) is 34.5 Å². The predicted octanol–water partition coefficient (Wildman–Crippen LogP) is 2.42. The Kier molecular flexibility index (Phi) is 5.24. The van der Waals surface area contributed by atoms with E-state index in [1.165, 1.54) is 12.1 Å². The average molecular weight is 316 g/mol. The standard InChI is InChI=1S/C11H14BrN3O3/c1-2-3-9(13)11(16)14-7-4-5-8(12)10(6-7)15(17)18/h4-6,9H,2-3,13H2,1H3,(H,14,16)/t9-/m0/s1. The molecule has 0 aromatic heterocycles. The van der Waals surface area contributed by atoms with Gasteiger partial charge < -0.3 is 11.1 Å². The summed E-state index contributed by atoms with van der Waals surface area (Å²) >= 11 is 3.07. The Morgan fingerprint density at radius 2 is 2.28 bits per heavy atom. The maximum absolute atomic E-state index is 11.7. The number of nitrogens with two attached hydrogens (primary N) is 1. The zero-order chi connectivity index (χ0) is 13.7. The van der Waals surface area contributed by atoms with Crippen molar-refractivity contribution in [3.8, 4) is 0 Å². The van der Waals surface area contributed by atoms with Gasteiger partial charge >= 0.3 is 0 Å². The summed E-state index contributed by atoms with van der Waals surface area (Å²) in [6.07, 6.45) is 1.37. The summed E-state index contributed by atoms with van der Waals surface area (Å²) in [5, 5.41) is 13.3. The zero-order valence-corrected chi connectivity index (χ0v) is 11.4. The minimum absolute atomic E-state index is 0.100. The Morgan fingerprint density at radius 3 is 2.83 bits per heavy atom. The van der Waals surface area contributed by atoms with Crippen molar-refractivity contribution in [3.05, 3.63) is 32.8 Å². The van der Waals surface area contributed by atoms with E-state index in [1.54, 1.807) is 6.07 Å². The molecule has 1 aromatic carbocycles. The third-order valence-electron chi connectivity index (χ3n) is 2.35. The van der Waals surface area contributed by atoms with E-state index in [0.29, 0.717) is 16.6 Å². The molecule has 1 atom stereocenters. The van der Waals surface area contributed by atoms with Crippen LogP contribution in [0.1, 0.15) is 19.8 Å². The summed E-state index contributed by atoms with van der Waals surface area (Å²) in [6, 6.07) is 3.78. The van der Waals surface area contributed by atoms with E-state index in [1.807, 2.05) is 6.92 Å². The first-order valence-electron chi connectivity index (χ1n) is 5.46. The van der Waals surface area contributed by atoms with Crippen LogP contribution in [0.25, 0.3) is 0 Å². The molecule has 0 bridgehead atoms. The van der Waals surface area contributed by atoms with Crippen LogP contribution in [0.5, 0.6) is 0 Å². The van der Waals surface area contributed by atoms with Gasteiger partial charge in [-0.1, -0.05) is 13.3 Å². The summed E-state index contributed by atoms with van der Waals surface area (Å²) < 4.78 is 0.364. The maximum Gasteiger partial charge on any atom is 0.285 e. The van der Waals surface area contributed by atoms with Gasteiger partial charge in [0.2, 0.25) is 5.91 Å². The van der Waals surface area contributed by atoms with Crippen molar-refractivity contribution in [2.75, 3.05) is 5.32 Å². The lowest BCUT2D eigenvalue weighted by Crippen LogP contribution is -2.35. The van der Waals surface area contributed by atoms with Crippen molar-refractivity contribution in [3.63, 3.8) is 0 Å². The fourth-order valence-electron chi connectivity index (χ4n) is 1.41. The number of carbonyl (C=O) groups is 1. The molecule has 98 valence electrons. The molecule has 1 aromatic rings.